The van der Waals surface area contributed by atoms with Crippen LogP contribution in [0.2, 0.25) is 0 Å². The van der Waals surface area contributed by atoms with Gasteiger partial charge in [0.2, 0.25) is 0 Å². The van der Waals surface area contributed by atoms with Crippen LogP contribution >= 0.6 is 22.7 Å². The summed E-state index contributed by atoms with van der Waals surface area (Å²) in [7, 11) is 0. The normalized spacial score (nSPS) is 12.1. The van der Waals surface area contributed by atoms with Crippen LogP contribution in [0.15, 0.2) is 182 Å². The summed E-state index contributed by atoms with van der Waals surface area (Å²) in [4.78, 5) is 0. The van der Waals surface area contributed by atoms with Gasteiger partial charge >= 0.3 is 0 Å². The van der Waals surface area contributed by atoms with Gasteiger partial charge in [0.25, 0.3) is 0 Å². The molecular weight excluding hydrogens is 689 g/mol. The first-order valence-corrected chi connectivity index (χ1v) is 20.1. The zero-order chi connectivity index (χ0) is 35.3. The van der Waals surface area contributed by atoms with Crippen molar-refractivity contribution in [2.24, 2.45) is 0 Å². The van der Waals surface area contributed by atoms with Gasteiger partial charge in [0, 0.05) is 40.3 Å². The first-order chi connectivity index (χ1) is 26.8. The Morgan fingerprint density at radius 1 is 0.278 bits per heavy atom. The zero-order valence-corrected chi connectivity index (χ0v) is 30.8. The van der Waals surface area contributed by atoms with Gasteiger partial charge in [-0.2, -0.15) is 0 Å². The standard InChI is InChI=1S/C52H30S2/c1-3-16-36-31(11-1)13-10-22-38(36)49-41-20-7-5-18-39(41)48(40-19-6-8-21-42(40)49)35-15-9-14-33(29-35)34-23-25-43-47(30-34)53-46-28-26-44-50-37-17-4-2-12-32(37)24-27-45(50)54-52(44)51(43)46/h1-30H. The molecule has 0 bridgehead atoms. The van der Waals surface area contributed by atoms with Crippen molar-refractivity contribution in [1.82, 2.24) is 0 Å². The molecule has 0 aliphatic rings. The summed E-state index contributed by atoms with van der Waals surface area (Å²) in [5.74, 6) is 0. The Morgan fingerprint density at radius 3 is 1.61 bits per heavy atom. The zero-order valence-electron chi connectivity index (χ0n) is 29.1. The molecule has 0 atom stereocenters. The maximum atomic E-state index is 2.41. The van der Waals surface area contributed by atoms with Crippen molar-refractivity contribution in [3.63, 3.8) is 0 Å². The topological polar surface area (TPSA) is 0 Å². The van der Waals surface area contributed by atoms with Gasteiger partial charge in [-0.05, 0) is 101 Å². The Kier molecular flexibility index (Phi) is 6.48. The first-order valence-electron chi connectivity index (χ1n) is 18.5. The molecule has 0 unspecified atom stereocenters. The lowest BCUT2D eigenvalue weighted by Gasteiger charge is -2.19. The molecule has 10 aromatic carbocycles. The number of thiophene rings is 2. The largest absolute Gasteiger partial charge is 0.135 e. The summed E-state index contributed by atoms with van der Waals surface area (Å²) >= 11 is 3.84. The third kappa shape index (κ3) is 4.36. The highest BCUT2D eigenvalue weighted by Gasteiger charge is 2.19. The second kappa shape index (κ2) is 11.6. The number of benzene rings is 10. The van der Waals surface area contributed by atoms with E-state index in [0.29, 0.717) is 0 Å². The van der Waals surface area contributed by atoms with Gasteiger partial charge in [0.05, 0.1) is 0 Å². The van der Waals surface area contributed by atoms with Gasteiger partial charge < -0.3 is 0 Å². The highest BCUT2D eigenvalue weighted by atomic mass is 32.1. The van der Waals surface area contributed by atoms with Gasteiger partial charge in [-0.15, -0.1) is 22.7 Å². The Balaban J connectivity index is 1.04. The maximum Gasteiger partial charge on any atom is 0.0448 e. The van der Waals surface area contributed by atoms with E-state index in [9.17, 15) is 0 Å². The van der Waals surface area contributed by atoms with Crippen LogP contribution < -0.4 is 0 Å². The maximum absolute atomic E-state index is 2.41. The van der Waals surface area contributed by atoms with E-state index in [1.54, 1.807) is 0 Å². The van der Waals surface area contributed by atoms with Crippen molar-refractivity contribution in [2.45, 2.75) is 0 Å². The molecule has 2 aromatic heterocycles. The van der Waals surface area contributed by atoms with Crippen LogP contribution in [-0.4, -0.2) is 0 Å². The predicted molar refractivity (Wildman–Crippen MR) is 239 cm³/mol. The Bertz CT molecular complexity index is 3440. The molecule has 0 fully saturated rings. The third-order valence-corrected chi connectivity index (χ3v) is 13.7. The average molecular weight is 719 g/mol. The van der Waals surface area contributed by atoms with Crippen LogP contribution in [0.1, 0.15) is 0 Å². The van der Waals surface area contributed by atoms with E-state index in [0.717, 1.165) is 0 Å². The highest BCUT2D eigenvalue weighted by Crippen LogP contribution is 2.48. The number of rotatable bonds is 3. The summed E-state index contributed by atoms with van der Waals surface area (Å²) in [5.41, 5.74) is 7.58. The minimum atomic E-state index is 1.23. The molecular formula is C52H30S2. The molecule has 250 valence electrons. The molecule has 0 nitrogen and oxygen atoms in total. The molecule has 2 heteroatoms. The Hall–Kier alpha value is -6.32. The van der Waals surface area contributed by atoms with E-state index < -0.39 is 0 Å². The summed E-state index contributed by atoms with van der Waals surface area (Å²) in [6.45, 7) is 0. The van der Waals surface area contributed by atoms with E-state index in [4.69, 9.17) is 0 Å². The lowest BCUT2D eigenvalue weighted by Crippen LogP contribution is -1.92. The second-order valence-corrected chi connectivity index (χ2v) is 16.5. The fourth-order valence-corrected chi connectivity index (χ4v) is 11.6. The smallest absolute Gasteiger partial charge is 0.0448 e. The fourth-order valence-electron chi connectivity index (χ4n) is 9.07. The number of hydrogen-bond donors (Lipinski definition) is 0. The van der Waals surface area contributed by atoms with Crippen molar-refractivity contribution < 1.29 is 0 Å². The van der Waals surface area contributed by atoms with Crippen LogP contribution in [0, 0.1) is 0 Å². The molecule has 12 rings (SSSR count). The van der Waals surface area contributed by atoms with Crippen LogP contribution in [0.3, 0.4) is 0 Å². The van der Waals surface area contributed by atoms with Gasteiger partial charge in [0.1, 0.15) is 0 Å². The third-order valence-electron chi connectivity index (χ3n) is 11.4. The highest BCUT2D eigenvalue weighted by molar-refractivity contribution is 7.30. The predicted octanol–water partition coefficient (Wildman–Crippen LogP) is 16.0. The van der Waals surface area contributed by atoms with Crippen molar-refractivity contribution in [1.29, 1.82) is 0 Å². The monoisotopic (exact) mass is 718 g/mol. The molecule has 2 heterocycles. The Morgan fingerprint density at radius 2 is 0.833 bits per heavy atom. The molecule has 54 heavy (non-hydrogen) atoms. The quantitative estimate of drug-likeness (QED) is 0.160. The van der Waals surface area contributed by atoms with E-state index in [1.807, 2.05) is 22.7 Å². The number of fused-ring (bicyclic) bond motifs is 12. The summed E-state index contributed by atoms with van der Waals surface area (Å²) in [6.07, 6.45) is 0. The van der Waals surface area contributed by atoms with E-state index in [-0.39, 0.29) is 0 Å². The molecule has 0 amide bonds. The van der Waals surface area contributed by atoms with Gasteiger partial charge in [-0.25, -0.2) is 0 Å². The average Bonchev–Trinajstić information content (AvgIpc) is 3.81. The van der Waals surface area contributed by atoms with E-state index >= 15 is 0 Å². The fraction of sp³-hybridized carbons (Fsp3) is 0. The summed E-state index contributed by atoms with van der Waals surface area (Å²) in [5, 5.41) is 15.8. The van der Waals surface area contributed by atoms with Crippen LogP contribution in [-0.2, 0) is 0 Å². The van der Waals surface area contributed by atoms with Crippen LogP contribution in [0.4, 0.5) is 0 Å². The molecule has 0 spiro atoms. The second-order valence-electron chi connectivity index (χ2n) is 14.3. The van der Waals surface area contributed by atoms with Crippen LogP contribution in [0.5, 0.6) is 0 Å². The lowest BCUT2D eigenvalue weighted by atomic mass is 9.84. The summed E-state index contributed by atoms with van der Waals surface area (Å²) < 4.78 is 5.43. The minimum absolute atomic E-state index is 1.23. The SMILES string of the molecule is c1cc(-c2ccc3c(c2)sc2ccc4c(sc5ccc6ccccc6c54)c23)cc(-c2c3ccccc3c(-c3cccc4ccccc34)c3ccccc23)c1. The molecule has 0 saturated heterocycles. The number of hydrogen-bond acceptors (Lipinski definition) is 2. The van der Waals surface area contributed by atoms with Crippen LogP contribution in [0.25, 0.3) is 117 Å². The summed E-state index contributed by atoms with van der Waals surface area (Å²) in [6, 6.07) is 67.7. The first kappa shape index (κ1) is 30.2. The van der Waals surface area contributed by atoms with Gasteiger partial charge in [0.15, 0.2) is 0 Å². The molecule has 0 radical (unpaired) electrons. The minimum Gasteiger partial charge on any atom is -0.135 e. The molecule has 0 N–H and O–H groups in total. The van der Waals surface area contributed by atoms with Crippen molar-refractivity contribution in [3.8, 4) is 33.4 Å². The van der Waals surface area contributed by atoms with Crippen molar-refractivity contribution in [2.75, 3.05) is 0 Å². The van der Waals surface area contributed by atoms with Crippen molar-refractivity contribution in [3.05, 3.63) is 182 Å². The molecule has 0 aliphatic carbocycles. The van der Waals surface area contributed by atoms with E-state index in [1.165, 1.54) is 117 Å². The molecule has 0 aliphatic heterocycles. The Labute approximate surface area is 319 Å². The van der Waals surface area contributed by atoms with Gasteiger partial charge in [-0.3, -0.25) is 0 Å². The molecule has 12 aromatic rings. The van der Waals surface area contributed by atoms with Crippen molar-refractivity contribution >= 4 is 106 Å². The lowest BCUT2D eigenvalue weighted by molar-refractivity contribution is 1.63. The molecule has 0 saturated carbocycles. The van der Waals surface area contributed by atoms with Gasteiger partial charge in [-0.1, -0.05) is 158 Å². The van der Waals surface area contributed by atoms with E-state index in [2.05, 4.69) is 182 Å².